The first kappa shape index (κ1) is 22.0. The zero-order chi connectivity index (χ0) is 20.7. The third-order valence-electron chi connectivity index (χ3n) is 5.17. The van der Waals surface area contributed by atoms with Crippen LogP contribution in [0.3, 0.4) is 0 Å². The highest BCUT2D eigenvalue weighted by molar-refractivity contribution is 5.73. The number of carbonyl (C=O) groups is 1. The Bertz CT molecular complexity index is 729. The lowest BCUT2D eigenvalue weighted by molar-refractivity contribution is -0.160. The van der Waals surface area contributed by atoms with Crippen LogP contribution in [-0.4, -0.2) is 16.7 Å². The molecule has 3 unspecified atom stereocenters. The molecule has 0 aliphatic rings. The Balaban J connectivity index is 2.21. The Labute approximate surface area is 169 Å². The molecule has 0 heterocycles. The lowest BCUT2D eigenvalue weighted by atomic mass is 9.81. The lowest BCUT2D eigenvalue weighted by Gasteiger charge is -2.28. The number of hydrogen-bond donors (Lipinski definition) is 1. The van der Waals surface area contributed by atoms with Crippen molar-refractivity contribution >= 4 is 5.97 Å². The molecule has 0 aliphatic heterocycles. The molecule has 3 nitrogen and oxygen atoms in total. The molecule has 2 aromatic carbocycles. The smallest absolute Gasteiger partial charge is 0.309 e. The van der Waals surface area contributed by atoms with Gasteiger partial charge in [0, 0.05) is 0 Å². The van der Waals surface area contributed by atoms with Crippen LogP contribution in [0.25, 0.3) is 0 Å². The fourth-order valence-corrected chi connectivity index (χ4v) is 3.65. The number of phenols is 1. The van der Waals surface area contributed by atoms with E-state index in [-0.39, 0.29) is 29.5 Å². The molecule has 0 amide bonds. The molecule has 2 aromatic rings. The maximum Gasteiger partial charge on any atom is 0.309 e. The average molecular weight is 383 g/mol. The number of benzene rings is 2. The topological polar surface area (TPSA) is 46.5 Å². The summed E-state index contributed by atoms with van der Waals surface area (Å²) in [6.07, 6.45) is 2.44. The van der Waals surface area contributed by atoms with Crippen molar-refractivity contribution in [3.63, 3.8) is 0 Å². The lowest BCUT2D eigenvalue weighted by Crippen LogP contribution is -2.30. The zero-order valence-corrected chi connectivity index (χ0v) is 17.8. The zero-order valence-electron chi connectivity index (χ0n) is 17.8. The Morgan fingerprint density at radius 1 is 0.964 bits per heavy atom. The summed E-state index contributed by atoms with van der Waals surface area (Å²) in [5, 5.41) is 9.58. The summed E-state index contributed by atoms with van der Waals surface area (Å²) in [4.78, 5) is 13.0. The van der Waals surface area contributed by atoms with E-state index in [1.165, 1.54) is 5.56 Å². The van der Waals surface area contributed by atoms with Crippen molar-refractivity contribution in [1.29, 1.82) is 0 Å². The number of aromatic hydroxyl groups is 1. The third kappa shape index (κ3) is 6.70. The SMILES string of the molecule is CCC(CC(CC(C)c1ccccc1)C(=O)OC(C)(C)C)c1ccc(O)cc1. The predicted octanol–water partition coefficient (Wildman–Crippen LogP) is 6.43. The van der Waals surface area contributed by atoms with Crippen LogP contribution >= 0.6 is 0 Å². The van der Waals surface area contributed by atoms with Gasteiger partial charge in [-0.15, -0.1) is 0 Å². The second-order valence-corrected chi connectivity index (χ2v) is 8.71. The van der Waals surface area contributed by atoms with E-state index in [0.717, 1.165) is 24.8 Å². The van der Waals surface area contributed by atoms with Gasteiger partial charge >= 0.3 is 5.97 Å². The van der Waals surface area contributed by atoms with Crippen molar-refractivity contribution in [3.8, 4) is 5.75 Å². The van der Waals surface area contributed by atoms with Gasteiger partial charge in [0.1, 0.15) is 11.4 Å². The number of rotatable bonds is 8. The van der Waals surface area contributed by atoms with Crippen LogP contribution < -0.4 is 0 Å². The summed E-state index contributed by atoms with van der Waals surface area (Å²) < 4.78 is 5.76. The van der Waals surface area contributed by atoms with Crippen molar-refractivity contribution < 1.29 is 14.6 Å². The molecule has 0 aliphatic carbocycles. The first-order valence-electron chi connectivity index (χ1n) is 10.3. The van der Waals surface area contributed by atoms with Crippen molar-refractivity contribution in [2.45, 2.75) is 71.3 Å². The standard InChI is InChI=1S/C25H34O3/c1-6-19(21-12-14-23(26)15-13-21)17-22(24(27)28-25(3,4)5)16-18(2)20-10-8-7-9-11-20/h7-15,18-19,22,26H,6,16-17H2,1-5H3. The molecular formula is C25H34O3. The van der Waals surface area contributed by atoms with Crippen LogP contribution in [0.15, 0.2) is 54.6 Å². The maximum atomic E-state index is 13.0. The summed E-state index contributed by atoms with van der Waals surface area (Å²) in [6.45, 7) is 10.1. The molecule has 1 N–H and O–H groups in total. The molecule has 152 valence electrons. The minimum Gasteiger partial charge on any atom is -0.508 e. The van der Waals surface area contributed by atoms with E-state index in [1.807, 2.05) is 51.1 Å². The van der Waals surface area contributed by atoms with Gasteiger partial charge in [0.15, 0.2) is 0 Å². The van der Waals surface area contributed by atoms with Gasteiger partial charge in [0.25, 0.3) is 0 Å². The Morgan fingerprint density at radius 3 is 2.11 bits per heavy atom. The minimum absolute atomic E-state index is 0.118. The van der Waals surface area contributed by atoms with Gasteiger partial charge in [-0.25, -0.2) is 0 Å². The number of esters is 1. The summed E-state index contributed by atoms with van der Waals surface area (Å²) in [5.41, 5.74) is 1.90. The second-order valence-electron chi connectivity index (χ2n) is 8.71. The average Bonchev–Trinajstić information content (AvgIpc) is 2.65. The van der Waals surface area contributed by atoms with E-state index < -0.39 is 5.60 Å². The highest BCUT2D eigenvalue weighted by atomic mass is 16.6. The molecule has 3 heteroatoms. The van der Waals surface area contributed by atoms with Gasteiger partial charge in [-0.1, -0.05) is 56.3 Å². The first-order valence-corrected chi connectivity index (χ1v) is 10.3. The Morgan fingerprint density at radius 2 is 1.57 bits per heavy atom. The van der Waals surface area contributed by atoms with Crippen LogP contribution in [0.2, 0.25) is 0 Å². The van der Waals surface area contributed by atoms with Gasteiger partial charge < -0.3 is 9.84 Å². The van der Waals surface area contributed by atoms with E-state index >= 15 is 0 Å². The molecule has 0 saturated heterocycles. The van der Waals surface area contributed by atoms with Gasteiger partial charge in [0.2, 0.25) is 0 Å². The van der Waals surface area contributed by atoms with Crippen molar-refractivity contribution in [3.05, 3.63) is 65.7 Å². The summed E-state index contributed by atoms with van der Waals surface area (Å²) >= 11 is 0. The normalized spacial score (nSPS) is 14.9. The van der Waals surface area contributed by atoms with Crippen LogP contribution in [0.1, 0.15) is 76.8 Å². The fraction of sp³-hybridized carbons (Fsp3) is 0.480. The molecule has 0 aromatic heterocycles. The molecule has 0 spiro atoms. The van der Waals surface area contributed by atoms with Gasteiger partial charge in [-0.2, -0.15) is 0 Å². The number of phenolic OH excluding ortho intramolecular Hbond substituents is 1. The summed E-state index contributed by atoms with van der Waals surface area (Å²) in [5.74, 6) is 0.498. The van der Waals surface area contributed by atoms with Crippen LogP contribution in [0.4, 0.5) is 0 Å². The highest BCUT2D eigenvalue weighted by Crippen LogP contribution is 2.34. The van der Waals surface area contributed by atoms with E-state index in [2.05, 4.69) is 26.0 Å². The molecule has 0 bridgehead atoms. The highest BCUT2D eigenvalue weighted by Gasteiger charge is 2.29. The van der Waals surface area contributed by atoms with Crippen molar-refractivity contribution in [2.75, 3.05) is 0 Å². The molecule has 2 rings (SSSR count). The maximum absolute atomic E-state index is 13.0. The molecule has 28 heavy (non-hydrogen) atoms. The van der Waals surface area contributed by atoms with Gasteiger partial charge in [-0.3, -0.25) is 4.79 Å². The van der Waals surface area contributed by atoms with Crippen molar-refractivity contribution in [1.82, 2.24) is 0 Å². The number of ether oxygens (including phenoxy) is 1. The predicted molar refractivity (Wildman–Crippen MR) is 115 cm³/mol. The largest absolute Gasteiger partial charge is 0.508 e. The van der Waals surface area contributed by atoms with E-state index in [0.29, 0.717) is 0 Å². The first-order chi connectivity index (χ1) is 13.2. The monoisotopic (exact) mass is 382 g/mol. The van der Waals surface area contributed by atoms with Crippen LogP contribution in [-0.2, 0) is 9.53 Å². The molecule has 0 radical (unpaired) electrons. The third-order valence-corrected chi connectivity index (χ3v) is 5.17. The van der Waals surface area contributed by atoms with E-state index in [9.17, 15) is 9.90 Å². The van der Waals surface area contributed by atoms with Crippen LogP contribution in [0.5, 0.6) is 5.75 Å². The summed E-state index contributed by atoms with van der Waals surface area (Å²) in [7, 11) is 0. The fourth-order valence-electron chi connectivity index (χ4n) is 3.65. The molecule has 0 fully saturated rings. The van der Waals surface area contributed by atoms with Crippen molar-refractivity contribution in [2.24, 2.45) is 5.92 Å². The molecule has 0 saturated carbocycles. The van der Waals surface area contributed by atoms with E-state index in [4.69, 9.17) is 4.74 Å². The quantitative estimate of drug-likeness (QED) is 0.535. The number of hydrogen-bond acceptors (Lipinski definition) is 3. The van der Waals surface area contributed by atoms with Crippen LogP contribution in [0, 0.1) is 5.92 Å². The molecule has 3 atom stereocenters. The number of carbonyl (C=O) groups excluding carboxylic acids is 1. The minimum atomic E-state index is -0.494. The van der Waals surface area contributed by atoms with E-state index in [1.54, 1.807) is 12.1 Å². The Kier molecular flexibility index (Phi) is 7.68. The Hall–Kier alpha value is -2.29. The second kappa shape index (κ2) is 9.77. The summed E-state index contributed by atoms with van der Waals surface area (Å²) in [6, 6.07) is 17.7. The van der Waals surface area contributed by atoms with Gasteiger partial charge in [0.05, 0.1) is 5.92 Å². The van der Waals surface area contributed by atoms with Gasteiger partial charge in [-0.05, 0) is 75.1 Å². The molecular weight excluding hydrogens is 348 g/mol.